The first-order valence-electron chi connectivity index (χ1n) is 11.1. The molecular formula is C23H42O6. The van der Waals surface area contributed by atoms with Crippen LogP contribution in [-0.2, 0) is 14.3 Å². The highest BCUT2D eigenvalue weighted by Gasteiger charge is 2.38. The number of ether oxygens (including phenoxy) is 1. The maximum Gasteiger partial charge on any atom is 0.311 e. The monoisotopic (exact) mass is 414 g/mol. The summed E-state index contributed by atoms with van der Waals surface area (Å²) < 4.78 is 5.50. The molecule has 170 valence electrons. The van der Waals surface area contributed by atoms with Gasteiger partial charge in [-0.3, -0.25) is 9.59 Å². The van der Waals surface area contributed by atoms with Crippen LogP contribution in [0.25, 0.3) is 0 Å². The van der Waals surface area contributed by atoms with Crippen LogP contribution in [0.2, 0.25) is 0 Å². The molecule has 1 heterocycles. The number of esters is 1. The van der Waals surface area contributed by atoms with Crippen molar-refractivity contribution in [2.45, 2.75) is 92.6 Å². The van der Waals surface area contributed by atoms with E-state index in [9.17, 15) is 24.9 Å². The third-order valence-corrected chi connectivity index (χ3v) is 7.10. The van der Waals surface area contributed by atoms with Gasteiger partial charge in [-0.1, -0.05) is 41.5 Å². The molecule has 3 N–H and O–H groups in total. The largest absolute Gasteiger partial charge is 0.462 e. The van der Waals surface area contributed by atoms with E-state index in [0.717, 1.165) is 0 Å². The molecule has 6 nitrogen and oxygen atoms in total. The molecule has 29 heavy (non-hydrogen) atoms. The van der Waals surface area contributed by atoms with Crippen molar-refractivity contribution in [3.8, 4) is 0 Å². The maximum absolute atomic E-state index is 12.9. The Kier molecular flexibility index (Phi) is 9.77. The van der Waals surface area contributed by atoms with Gasteiger partial charge in [0.1, 0.15) is 11.9 Å². The smallest absolute Gasteiger partial charge is 0.311 e. The van der Waals surface area contributed by atoms with Gasteiger partial charge in [-0.2, -0.15) is 0 Å². The second-order valence-electron chi connectivity index (χ2n) is 9.77. The summed E-state index contributed by atoms with van der Waals surface area (Å²) in [4.78, 5) is 25.4. The lowest BCUT2D eigenvalue weighted by molar-refractivity contribution is -0.164. The summed E-state index contributed by atoms with van der Waals surface area (Å²) in [5.41, 5.74) is 0. The quantitative estimate of drug-likeness (QED) is 0.527. The summed E-state index contributed by atoms with van der Waals surface area (Å²) in [6.45, 7) is 14.4. The van der Waals surface area contributed by atoms with Crippen molar-refractivity contribution >= 4 is 11.8 Å². The Morgan fingerprint density at radius 3 is 1.79 bits per heavy atom. The lowest BCUT2D eigenvalue weighted by atomic mass is 9.77. The number of aliphatic hydroxyl groups excluding tert-OH is 3. The molecule has 0 aromatic carbocycles. The van der Waals surface area contributed by atoms with Crippen LogP contribution in [0.3, 0.4) is 0 Å². The SMILES string of the molecule is CC1CC(C)C(=O)C(C)C(O)C(C)C(C)OC(=O)C(C)C(O)C(C)C(O)C(C)C1. The van der Waals surface area contributed by atoms with Crippen molar-refractivity contribution < 1.29 is 29.6 Å². The van der Waals surface area contributed by atoms with Crippen LogP contribution in [0, 0.1) is 41.4 Å². The normalized spacial score (nSPS) is 46.9. The Balaban J connectivity index is 3.16. The molecule has 1 aliphatic rings. The topological polar surface area (TPSA) is 104 Å². The molecule has 1 aliphatic heterocycles. The summed E-state index contributed by atoms with van der Waals surface area (Å²) in [5, 5.41) is 32.1. The van der Waals surface area contributed by atoms with Crippen molar-refractivity contribution in [2.24, 2.45) is 41.4 Å². The first kappa shape index (κ1) is 26.1. The molecule has 11 atom stereocenters. The van der Waals surface area contributed by atoms with Crippen LogP contribution >= 0.6 is 0 Å². The molecule has 0 amide bonds. The van der Waals surface area contributed by atoms with Crippen LogP contribution in [0.1, 0.15) is 68.2 Å². The van der Waals surface area contributed by atoms with E-state index >= 15 is 0 Å². The third-order valence-electron chi connectivity index (χ3n) is 7.10. The van der Waals surface area contributed by atoms with Gasteiger partial charge >= 0.3 is 5.97 Å². The molecule has 11 unspecified atom stereocenters. The second-order valence-corrected chi connectivity index (χ2v) is 9.77. The summed E-state index contributed by atoms with van der Waals surface area (Å²) in [5.74, 6) is -2.94. The van der Waals surface area contributed by atoms with E-state index < -0.39 is 54.1 Å². The predicted molar refractivity (Wildman–Crippen MR) is 112 cm³/mol. The molecule has 1 fully saturated rings. The molecule has 0 aliphatic carbocycles. The van der Waals surface area contributed by atoms with E-state index in [1.807, 2.05) is 13.8 Å². The van der Waals surface area contributed by atoms with Crippen LogP contribution in [0.4, 0.5) is 0 Å². The number of hydrogen-bond donors (Lipinski definition) is 3. The predicted octanol–water partition coefficient (Wildman–Crippen LogP) is 2.82. The molecular weight excluding hydrogens is 372 g/mol. The Morgan fingerprint density at radius 1 is 0.724 bits per heavy atom. The lowest BCUT2D eigenvalue weighted by Gasteiger charge is -2.34. The standard InChI is InChI=1S/C23H42O6/c1-11-9-12(2)19(24)15(5)21(26)14(4)18(8)29-23(28)17(7)22(27)16(6)20(25)13(3)10-11/h11-18,20-22,25-27H,9-10H2,1-8H3. The number of Topliss-reactive ketones (excluding diaryl/α,β-unsaturated/α-hetero) is 1. The Morgan fingerprint density at radius 2 is 1.24 bits per heavy atom. The van der Waals surface area contributed by atoms with E-state index in [1.54, 1.807) is 34.6 Å². The van der Waals surface area contributed by atoms with Crippen molar-refractivity contribution in [1.82, 2.24) is 0 Å². The summed E-state index contributed by atoms with van der Waals surface area (Å²) >= 11 is 0. The summed E-state index contributed by atoms with van der Waals surface area (Å²) in [7, 11) is 0. The van der Waals surface area contributed by atoms with Crippen LogP contribution in [-0.4, -0.2) is 51.5 Å². The van der Waals surface area contributed by atoms with Crippen LogP contribution < -0.4 is 0 Å². The minimum atomic E-state index is -1.03. The fraction of sp³-hybridized carbons (Fsp3) is 0.913. The van der Waals surface area contributed by atoms with Gasteiger partial charge in [0.05, 0.1) is 24.2 Å². The molecule has 1 saturated heterocycles. The second kappa shape index (κ2) is 10.9. The number of cyclic esters (lactones) is 1. The number of aliphatic hydroxyl groups is 3. The summed E-state index contributed by atoms with van der Waals surface area (Å²) in [6.07, 6.45) is -1.94. The van der Waals surface area contributed by atoms with E-state index in [1.165, 1.54) is 0 Å². The van der Waals surface area contributed by atoms with Crippen molar-refractivity contribution in [3.05, 3.63) is 0 Å². The zero-order chi connectivity index (χ0) is 22.6. The third kappa shape index (κ3) is 6.50. The average molecular weight is 415 g/mol. The van der Waals surface area contributed by atoms with Gasteiger partial charge in [0.2, 0.25) is 0 Å². The molecule has 1 rings (SSSR count). The fourth-order valence-electron chi connectivity index (χ4n) is 4.65. The molecule has 0 spiro atoms. The van der Waals surface area contributed by atoms with Gasteiger partial charge in [-0.25, -0.2) is 0 Å². The van der Waals surface area contributed by atoms with E-state index in [4.69, 9.17) is 4.74 Å². The summed E-state index contributed by atoms with van der Waals surface area (Å²) in [6, 6.07) is 0. The van der Waals surface area contributed by atoms with Gasteiger partial charge < -0.3 is 20.1 Å². The number of rotatable bonds is 0. The number of carbonyl (C=O) groups excluding carboxylic acids is 2. The maximum atomic E-state index is 12.9. The number of carbonyl (C=O) groups is 2. The average Bonchev–Trinajstić information content (AvgIpc) is 2.67. The number of ketones is 1. The first-order valence-corrected chi connectivity index (χ1v) is 11.1. The van der Waals surface area contributed by atoms with Crippen LogP contribution in [0.15, 0.2) is 0 Å². The molecule has 0 aromatic heterocycles. The Hall–Kier alpha value is -0.980. The minimum absolute atomic E-state index is 0.00665. The van der Waals surface area contributed by atoms with Gasteiger partial charge in [-0.15, -0.1) is 0 Å². The zero-order valence-corrected chi connectivity index (χ0v) is 19.3. The van der Waals surface area contributed by atoms with Crippen LogP contribution in [0.5, 0.6) is 0 Å². The fourth-order valence-corrected chi connectivity index (χ4v) is 4.65. The Labute approximate surface area is 176 Å². The van der Waals surface area contributed by atoms with E-state index in [0.29, 0.717) is 12.8 Å². The molecule has 0 saturated carbocycles. The molecule has 0 aromatic rings. The molecule has 6 heteroatoms. The highest BCUT2D eigenvalue weighted by molar-refractivity contribution is 5.83. The van der Waals surface area contributed by atoms with Gasteiger partial charge in [0, 0.05) is 23.7 Å². The Bertz CT molecular complexity index is 549. The van der Waals surface area contributed by atoms with Gasteiger partial charge in [0.15, 0.2) is 0 Å². The highest BCUT2D eigenvalue weighted by atomic mass is 16.5. The van der Waals surface area contributed by atoms with Gasteiger partial charge in [0.25, 0.3) is 0 Å². The van der Waals surface area contributed by atoms with Crippen molar-refractivity contribution in [2.75, 3.05) is 0 Å². The van der Waals surface area contributed by atoms with Crippen molar-refractivity contribution in [1.29, 1.82) is 0 Å². The van der Waals surface area contributed by atoms with Gasteiger partial charge in [-0.05, 0) is 38.5 Å². The number of hydrogen-bond acceptors (Lipinski definition) is 6. The molecule has 0 radical (unpaired) electrons. The van der Waals surface area contributed by atoms with E-state index in [-0.39, 0.29) is 23.5 Å². The zero-order valence-electron chi connectivity index (χ0n) is 19.3. The lowest BCUT2D eigenvalue weighted by Crippen LogP contribution is -2.44. The highest BCUT2D eigenvalue weighted by Crippen LogP contribution is 2.31. The first-order chi connectivity index (χ1) is 13.3. The minimum Gasteiger partial charge on any atom is -0.462 e. The molecule has 0 bridgehead atoms. The van der Waals surface area contributed by atoms with Crippen molar-refractivity contribution in [3.63, 3.8) is 0 Å². The van der Waals surface area contributed by atoms with E-state index in [2.05, 4.69) is 6.92 Å².